The molecule has 0 unspecified atom stereocenters. The number of piperazine rings is 1. The lowest BCUT2D eigenvalue weighted by atomic mass is 10.2. The second kappa shape index (κ2) is 7.55. The molecule has 7 heteroatoms. The van der Waals surface area contributed by atoms with E-state index in [0.29, 0.717) is 16.3 Å². The first-order valence-electron chi connectivity index (χ1n) is 8.26. The Hall–Kier alpha value is -2.56. The minimum Gasteiger partial charge on any atom is -0.506 e. The Morgan fingerprint density at radius 2 is 2.08 bits per heavy atom. The lowest BCUT2D eigenvalue weighted by Crippen LogP contribution is -3.19. The van der Waals surface area contributed by atoms with Crippen LogP contribution in [0.25, 0.3) is 0 Å². The van der Waals surface area contributed by atoms with Crippen LogP contribution in [0.3, 0.4) is 0 Å². The molecule has 1 saturated heterocycles. The van der Waals surface area contributed by atoms with Gasteiger partial charge in [-0.1, -0.05) is 12.1 Å². The van der Waals surface area contributed by atoms with Crippen molar-refractivity contribution in [3.63, 3.8) is 0 Å². The van der Waals surface area contributed by atoms with E-state index in [1.165, 1.54) is 16.2 Å². The number of anilines is 2. The molecule has 3 rings (SSSR count). The molecule has 2 aromatic rings. The smallest absolute Gasteiger partial charge is 0.283 e. The summed E-state index contributed by atoms with van der Waals surface area (Å²) in [4.78, 5) is 15.9. The number of nitrogens with zero attached hydrogens (tertiary/aromatic N) is 2. The largest absolute Gasteiger partial charge is 0.506 e. The van der Waals surface area contributed by atoms with Crippen molar-refractivity contribution < 1.29 is 14.8 Å². The van der Waals surface area contributed by atoms with Gasteiger partial charge in [0.05, 0.1) is 37.4 Å². The standard InChI is InChI=1S/C18H20N4O2S/c1-13(17(24)20-18-14(12-19)6-11-25-18)21-7-9-22(10-8-21)15-4-2-3-5-16(15)23/h2-6,11,13,23H,7-10H2,1H3,(H,20,24)/p+1/t13-/m0/s1. The first-order chi connectivity index (χ1) is 12.1. The van der Waals surface area contributed by atoms with E-state index in [2.05, 4.69) is 16.3 Å². The highest BCUT2D eigenvalue weighted by Crippen LogP contribution is 2.26. The van der Waals surface area contributed by atoms with E-state index < -0.39 is 0 Å². The maximum absolute atomic E-state index is 12.5. The van der Waals surface area contributed by atoms with Crippen LogP contribution >= 0.6 is 11.3 Å². The maximum Gasteiger partial charge on any atom is 0.283 e. The summed E-state index contributed by atoms with van der Waals surface area (Å²) < 4.78 is 0. The number of amides is 1. The molecule has 1 fully saturated rings. The molecule has 6 nitrogen and oxygen atoms in total. The van der Waals surface area contributed by atoms with Gasteiger partial charge in [-0.2, -0.15) is 5.26 Å². The molecule has 0 radical (unpaired) electrons. The van der Waals surface area contributed by atoms with Crippen LogP contribution in [0.4, 0.5) is 10.7 Å². The van der Waals surface area contributed by atoms with Crippen LogP contribution in [0.5, 0.6) is 5.75 Å². The van der Waals surface area contributed by atoms with Gasteiger partial charge in [0, 0.05) is 0 Å². The van der Waals surface area contributed by atoms with E-state index in [-0.39, 0.29) is 11.9 Å². The predicted octanol–water partition coefficient (Wildman–Crippen LogP) is 1.06. The molecule has 130 valence electrons. The van der Waals surface area contributed by atoms with E-state index in [0.717, 1.165) is 31.9 Å². The number of aromatic hydroxyl groups is 1. The molecule has 0 aliphatic carbocycles. The first-order valence-corrected chi connectivity index (χ1v) is 9.14. The molecule has 1 atom stereocenters. The second-order valence-corrected chi connectivity index (χ2v) is 7.04. The monoisotopic (exact) mass is 357 g/mol. The molecular weight excluding hydrogens is 336 g/mol. The Bertz CT molecular complexity index is 790. The first kappa shape index (κ1) is 17.3. The fourth-order valence-corrected chi connectivity index (χ4v) is 3.84. The summed E-state index contributed by atoms with van der Waals surface area (Å²) in [7, 11) is 0. The van der Waals surface area contributed by atoms with Crippen LogP contribution in [-0.4, -0.2) is 43.2 Å². The number of hydrogen-bond acceptors (Lipinski definition) is 5. The zero-order valence-corrected chi connectivity index (χ0v) is 14.8. The zero-order chi connectivity index (χ0) is 17.8. The van der Waals surface area contributed by atoms with Gasteiger partial charge in [0.2, 0.25) is 0 Å². The Kier molecular flexibility index (Phi) is 5.22. The van der Waals surface area contributed by atoms with Gasteiger partial charge in [0.25, 0.3) is 5.91 Å². The molecule has 1 aliphatic rings. The van der Waals surface area contributed by atoms with Crippen molar-refractivity contribution in [3.8, 4) is 11.8 Å². The van der Waals surface area contributed by atoms with E-state index in [1.54, 1.807) is 17.5 Å². The SMILES string of the molecule is C[C@@H](C(=O)Nc1sccc1C#N)[NH+]1CCN(c2ccccc2O)CC1. The summed E-state index contributed by atoms with van der Waals surface area (Å²) in [5.74, 6) is 0.225. The van der Waals surface area contributed by atoms with Gasteiger partial charge in [-0.25, -0.2) is 0 Å². The predicted molar refractivity (Wildman–Crippen MR) is 98.1 cm³/mol. The lowest BCUT2D eigenvalue weighted by Gasteiger charge is -2.36. The molecule has 1 aromatic heterocycles. The van der Waals surface area contributed by atoms with Gasteiger partial charge >= 0.3 is 0 Å². The van der Waals surface area contributed by atoms with E-state index in [9.17, 15) is 9.90 Å². The zero-order valence-electron chi connectivity index (χ0n) is 14.0. The summed E-state index contributed by atoms with van der Waals surface area (Å²) in [6, 6.07) is 10.9. The van der Waals surface area contributed by atoms with Crippen LogP contribution in [0.15, 0.2) is 35.7 Å². The van der Waals surface area contributed by atoms with Crippen LogP contribution in [0.1, 0.15) is 12.5 Å². The third-order valence-electron chi connectivity index (χ3n) is 4.66. The number of para-hydroxylation sites is 2. The van der Waals surface area contributed by atoms with Crippen LogP contribution < -0.4 is 15.1 Å². The Labute approximate surface area is 150 Å². The van der Waals surface area contributed by atoms with Gasteiger partial charge in [-0.15, -0.1) is 11.3 Å². The molecule has 0 spiro atoms. The summed E-state index contributed by atoms with van der Waals surface area (Å²) in [6.07, 6.45) is 0. The summed E-state index contributed by atoms with van der Waals surface area (Å²) >= 11 is 1.37. The number of benzene rings is 1. The highest BCUT2D eigenvalue weighted by Gasteiger charge is 2.30. The highest BCUT2D eigenvalue weighted by molar-refractivity contribution is 7.14. The van der Waals surface area contributed by atoms with Crippen molar-refractivity contribution >= 4 is 27.9 Å². The average Bonchev–Trinajstić information content (AvgIpc) is 3.09. The number of rotatable bonds is 4. The van der Waals surface area contributed by atoms with E-state index >= 15 is 0 Å². The van der Waals surface area contributed by atoms with E-state index in [1.807, 2.05) is 25.1 Å². The van der Waals surface area contributed by atoms with Gasteiger partial charge in [0.15, 0.2) is 6.04 Å². The Morgan fingerprint density at radius 1 is 1.36 bits per heavy atom. The normalized spacial score (nSPS) is 16.2. The van der Waals surface area contributed by atoms with Gasteiger partial charge in [-0.05, 0) is 30.5 Å². The van der Waals surface area contributed by atoms with Crippen molar-refractivity contribution in [1.29, 1.82) is 5.26 Å². The van der Waals surface area contributed by atoms with Crippen molar-refractivity contribution in [2.75, 3.05) is 36.4 Å². The number of hydrogen-bond donors (Lipinski definition) is 3. The fraction of sp³-hybridized carbons (Fsp3) is 0.333. The third kappa shape index (κ3) is 3.76. The molecule has 0 saturated carbocycles. The Balaban J connectivity index is 1.58. The van der Waals surface area contributed by atoms with Crippen molar-refractivity contribution in [2.45, 2.75) is 13.0 Å². The average molecular weight is 357 g/mol. The van der Waals surface area contributed by atoms with Crippen LogP contribution in [0.2, 0.25) is 0 Å². The minimum atomic E-state index is -0.194. The van der Waals surface area contributed by atoms with Gasteiger partial charge in [0.1, 0.15) is 16.8 Å². The minimum absolute atomic E-state index is 0.0649. The fourth-order valence-electron chi connectivity index (χ4n) is 3.10. The topological polar surface area (TPSA) is 80.8 Å². The van der Waals surface area contributed by atoms with Gasteiger partial charge in [-0.3, -0.25) is 4.79 Å². The maximum atomic E-state index is 12.5. The number of carbonyl (C=O) groups is 1. The number of phenols is 1. The summed E-state index contributed by atoms with van der Waals surface area (Å²) in [5.41, 5.74) is 1.35. The molecular formula is C18H21N4O2S+. The number of thiophene rings is 1. The molecule has 3 N–H and O–H groups in total. The third-order valence-corrected chi connectivity index (χ3v) is 5.49. The Morgan fingerprint density at radius 3 is 2.76 bits per heavy atom. The molecule has 25 heavy (non-hydrogen) atoms. The molecule has 2 heterocycles. The van der Waals surface area contributed by atoms with Gasteiger partial charge < -0.3 is 20.2 Å². The van der Waals surface area contributed by atoms with Crippen LogP contribution in [0, 0.1) is 11.3 Å². The molecule has 1 aliphatic heterocycles. The molecule has 1 amide bonds. The highest BCUT2D eigenvalue weighted by atomic mass is 32.1. The summed E-state index contributed by atoms with van der Waals surface area (Å²) in [6.45, 7) is 5.12. The van der Waals surface area contributed by atoms with Crippen molar-refractivity contribution in [2.24, 2.45) is 0 Å². The molecule has 1 aromatic carbocycles. The summed E-state index contributed by atoms with van der Waals surface area (Å²) in [5, 5.41) is 24.3. The second-order valence-electron chi connectivity index (χ2n) is 6.12. The lowest BCUT2D eigenvalue weighted by molar-refractivity contribution is -0.914. The number of quaternary nitrogens is 1. The number of phenolic OH excluding ortho intramolecular Hbond substituents is 1. The quantitative estimate of drug-likeness (QED) is 0.764. The number of nitrogens with one attached hydrogen (secondary N) is 2. The number of nitriles is 1. The van der Waals surface area contributed by atoms with E-state index in [4.69, 9.17) is 5.26 Å². The molecule has 0 bridgehead atoms. The number of carbonyl (C=O) groups excluding carboxylic acids is 1. The van der Waals surface area contributed by atoms with Crippen LogP contribution in [-0.2, 0) is 4.79 Å². The van der Waals surface area contributed by atoms with Crippen molar-refractivity contribution in [1.82, 2.24) is 0 Å². The van der Waals surface area contributed by atoms with Crippen molar-refractivity contribution in [3.05, 3.63) is 41.3 Å².